The fourth-order valence-corrected chi connectivity index (χ4v) is 5.79. The molecule has 206 valence electrons. The van der Waals surface area contributed by atoms with Gasteiger partial charge in [-0.15, -0.1) is 0 Å². The number of hydrogen-bond acceptors (Lipinski definition) is 3. The molecule has 2 amide bonds. The fraction of sp³-hybridized carbons (Fsp3) is 0.0294. The van der Waals surface area contributed by atoms with Crippen LogP contribution in [0.1, 0.15) is 11.1 Å². The highest BCUT2D eigenvalue weighted by molar-refractivity contribution is 9.10. The van der Waals surface area contributed by atoms with Crippen molar-refractivity contribution in [2.75, 3.05) is 4.90 Å². The van der Waals surface area contributed by atoms with Gasteiger partial charge in [-0.25, -0.2) is 0 Å². The van der Waals surface area contributed by atoms with Gasteiger partial charge in [-0.1, -0.05) is 94.3 Å². The molecule has 0 unspecified atom stereocenters. The number of nitrogens with one attached hydrogen (secondary N) is 1. The SMILES string of the molecule is Cc1c(Cl)cccc1N1C(=O)C(=Cc2cc(-c3ccccc3)n(-c3ccc(Br)cc3)c2-c2ccccc2)C(=O)NC1=S. The molecule has 1 N–H and O–H groups in total. The summed E-state index contributed by atoms with van der Waals surface area (Å²) in [7, 11) is 0. The summed E-state index contributed by atoms with van der Waals surface area (Å²) >= 11 is 15.4. The first-order valence-corrected chi connectivity index (χ1v) is 14.7. The van der Waals surface area contributed by atoms with Gasteiger partial charge in [-0.05, 0) is 84.4 Å². The highest BCUT2D eigenvalue weighted by atomic mass is 79.9. The van der Waals surface area contributed by atoms with Crippen LogP contribution in [0.15, 0.2) is 119 Å². The van der Waals surface area contributed by atoms with Crippen LogP contribution >= 0.6 is 39.7 Å². The molecule has 1 aromatic heterocycles. The van der Waals surface area contributed by atoms with E-state index in [-0.39, 0.29) is 10.7 Å². The quantitative estimate of drug-likeness (QED) is 0.118. The number of thiocarbonyl (C=S) groups is 1. The van der Waals surface area contributed by atoms with Crippen molar-refractivity contribution in [3.05, 3.63) is 135 Å². The molecule has 1 saturated heterocycles. The molecule has 0 bridgehead atoms. The lowest BCUT2D eigenvalue weighted by molar-refractivity contribution is -0.122. The van der Waals surface area contributed by atoms with Crippen molar-refractivity contribution in [1.82, 2.24) is 9.88 Å². The van der Waals surface area contributed by atoms with Gasteiger partial charge < -0.3 is 4.57 Å². The average Bonchev–Trinajstić information content (AvgIpc) is 3.38. The van der Waals surface area contributed by atoms with Crippen molar-refractivity contribution in [1.29, 1.82) is 0 Å². The van der Waals surface area contributed by atoms with Gasteiger partial charge >= 0.3 is 0 Å². The van der Waals surface area contributed by atoms with Crippen molar-refractivity contribution in [2.24, 2.45) is 0 Å². The topological polar surface area (TPSA) is 54.3 Å². The summed E-state index contributed by atoms with van der Waals surface area (Å²) in [5.74, 6) is -1.08. The van der Waals surface area contributed by atoms with E-state index >= 15 is 0 Å². The Morgan fingerprint density at radius 1 is 0.833 bits per heavy atom. The van der Waals surface area contributed by atoms with Crippen LogP contribution in [0.4, 0.5) is 5.69 Å². The number of anilines is 1. The van der Waals surface area contributed by atoms with Gasteiger partial charge in [-0.3, -0.25) is 19.8 Å². The van der Waals surface area contributed by atoms with Gasteiger partial charge in [0.2, 0.25) is 0 Å². The van der Waals surface area contributed by atoms with E-state index < -0.39 is 11.8 Å². The molecule has 4 aromatic carbocycles. The Morgan fingerprint density at radius 3 is 2.14 bits per heavy atom. The molecule has 0 aliphatic carbocycles. The van der Waals surface area contributed by atoms with Crippen LogP contribution in [0, 0.1) is 6.92 Å². The first-order valence-electron chi connectivity index (χ1n) is 13.1. The van der Waals surface area contributed by atoms with Gasteiger partial charge in [0, 0.05) is 20.7 Å². The highest BCUT2D eigenvalue weighted by Gasteiger charge is 2.36. The fourth-order valence-electron chi connectivity index (χ4n) is 5.08. The maximum atomic E-state index is 14.0. The predicted molar refractivity (Wildman–Crippen MR) is 177 cm³/mol. The van der Waals surface area contributed by atoms with E-state index in [0.717, 1.165) is 32.7 Å². The molecule has 2 heterocycles. The largest absolute Gasteiger partial charge is 0.309 e. The van der Waals surface area contributed by atoms with E-state index in [0.29, 0.717) is 21.8 Å². The third kappa shape index (κ3) is 5.11. The number of carbonyl (C=O) groups excluding carboxylic acids is 2. The van der Waals surface area contributed by atoms with Crippen molar-refractivity contribution < 1.29 is 9.59 Å². The van der Waals surface area contributed by atoms with Crippen LogP contribution in [0.5, 0.6) is 0 Å². The zero-order chi connectivity index (χ0) is 29.4. The molecule has 0 atom stereocenters. The van der Waals surface area contributed by atoms with Crippen LogP contribution in [-0.4, -0.2) is 21.5 Å². The predicted octanol–water partition coefficient (Wildman–Crippen LogP) is 8.37. The molecule has 8 heteroatoms. The highest BCUT2D eigenvalue weighted by Crippen LogP contribution is 2.38. The Hall–Kier alpha value is -4.30. The van der Waals surface area contributed by atoms with Crippen LogP contribution in [0.3, 0.4) is 0 Å². The number of nitrogens with zero attached hydrogens (tertiary/aromatic N) is 2. The van der Waals surface area contributed by atoms with Crippen molar-refractivity contribution in [3.63, 3.8) is 0 Å². The second-order valence-corrected chi connectivity index (χ2v) is 11.4. The number of rotatable bonds is 5. The zero-order valence-electron chi connectivity index (χ0n) is 22.3. The van der Waals surface area contributed by atoms with Crippen molar-refractivity contribution >= 4 is 68.4 Å². The molecule has 0 radical (unpaired) electrons. The summed E-state index contributed by atoms with van der Waals surface area (Å²) in [4.78, 5) is 28.6. The van der Waals surface area contributed by atoms with E-state index in [4.69, 9.17) is 23.8 Å². The molecule has 5 nitrogen and oxygen atoms in total. The Balaban J connectivity index is 1.60. The Bertz CT molecular complexity index is 1880. The summed E-state index contributed by atoms with van der Waals surface area (Å²) in [6.07, 6.45) is 1.65. The molecule has 0 spiro atoms. The number of carbonyl (C=O) groups is 2. The van der Waals surface area contributed by atoms with Crippen molar-refractivity contribution in [2.45, 2.75) is 6.92 Å². The second kappa shape index (κ2) is 11.5. The normalized spacial score (nSPS) is 14.4. The summed E-state index contributed by atoms with van der Waals surface area (Å²) in [6, 6.07) is 35.2. The van der Waals surface area contributed by atoms with E-state index in [1.54, 1.807) is 24.3 Å². The lowest BCUT2D eigenvalue weighted by Crippen LogP contribution is -2.54. The Labute approximate surface area is 262 Å². The summed E-state index contributed by atoms with van der Waals surface area (Å²) < 4.78 is 3.11. The van der Waals surface area contributed by atoms with Crippen molar-refractivity contribution in [3.8, 4) is 28.2 Å². The second-order valence-electron chi connectivity index (χ2n) is 9.72. The number of halogens is 2. The molecule has 5 aromatic rings. The summed E-state index contributed by atoms with van der Waals surface area (Å²) in [5.41, 5.74) is 6.46. The van der Waals surface area contributed by atoms with E-state index in [1.165, 1.54) is 4.90 Å². The number of amides is 2. The molecule has 1 aliphatic rings. The van der Waals surface area contributed by atoms with Gasteiger partial charge in [-0.2, -0.15) is 0 Å². The van der Waals surface area contributed by atoms with Crippen LogP contribution in [0.2, 0.25) is 5.02 Å². The Kier molecular flexibility index (Phi) is 7.64. The molecule has 1 aliphatic heterocycles. The minimum Gasteiger partial charge on any atom is -0.309 e. The third-order valence-corrected chi connectivity index (χ3v) is 8.34. The third-order valence-electron chi connectivity index (χ3n) is 7.11. The minimum atomic E-state index is -0.558. The van der Waals surface area contributed by atoms with Crippen LogP contribution < -0.4 is 10.2 Å². The van der Waals surface area contributed by atoms with Gasteiger partial charge in [0.1, 0.15) is 5.57 Å². The number of aromatic nitrogens is 1. The standard InChI is InChI=1S/C34H23BrClN3O2S/c1-21-28(36)13-8-14-29(21)39-33(41)27(32(40)37-34(39)42)19-24-20-30(22-9-4-2-5-10-22)38(26-17-15-25(35)16-18-26)31(24)23-11-6-3-7-12-23/h2-20H,1H3,(H,37,40,42). The summed E-state index contributed by atoms with van der Waals surface area (Å²) in [6.45, 7) is 1.81. The lowest BCUT2D eigenvalue weighted by Gasteiger charge is -2.30. The van der Waals surface area contributed by atoms with Crippen LogP contribution in [0.25, 0.3) is 34.3 Å². The molecular formula is C34H23BrClN3O2S. The first-order chi connectivity index (χ1) is 20.3. The zero-order valence-corrected chi connectivity index (χ0v) is 25.5. The lowest BCUT2D eigenvalue weighted by atomic mass is 10.0. The van der Waals surface area contributed by atoms with Gasteiger partial charge in [0.15, 0.2) is 5.11 Å². The average molecular weight is 653 g/mol. The molecule has 42 heavy (non-hydrogen) atoms. The molecular weight excluding hydrogens is 630 g/mol. The Morgan fingerprint density at radius 2 is 1.48 bits per heavy atom. The smallest absolute Gasteiger partial charge is 0.270 e. The molecule has 0 saturated carbocycles. The maximum absolute atomic E-state index is 14.0. The number of hydrogen-bond donors (Lipinski definition) is 1. The number of benzene rings is 4. The van der Waals surface area contributed by atoms with E-state index in [1.807, 2.05) is 97.9 Å². The monoisotopic (exact) mass is 651 g/mol. The van der Waals surface area contributed by atoms with Gasteiger partial charge in [0.05, 0.1) is 17.1 Å². The maximum Gasteiger partial charge on any atom is 0.270 e. The van der Waals surface area contributed by atoms with E-state index in [9.17, 15) is 9.59 Å². The summed E-state index contributed by atoms with van der Waals surface area (Å²) in [5, 5.41) is 3.20. The first kappa shape index (κ1) is 27.8. The molecule has 6 rings (SSSR count). The van der Waals surface area contributed by atoms with E-state index in [2.05, 4.69) is 25.8 Å². The van der Waals surface area contributed by atoms with Crippen LogP contribution in [-0.2, 0) is 9.59 Å². The molecule has 1 fully saturated rings. The minimum absolute atomic E-state index is 0.00760. The van der Waals surface area contributed by atoms with Gasteiger partial charge in [0.25, 0.3) is 11.8 Å².